The van der Waals surface area contributed by atoms with E-state index in [1.807, 2.05) is 43.3 Å². The molecule has 4 heteroatoms. The van der Waals surface area contributed by atoms with Crippen LogP contribution in [-0.4, -0.2) is 24.9 Å². The molecule has 0 saturated carbocycles. The average Bonchev–Trinajstić information content (AvgIpc) is 2.65. The fourth-order valence-corrected chi connectivity index (χ4v) is 2.29. The van der Waals surface area contributed by atoms with E-state index in [9.17, 15) is 4.79 Å². The monoisotopic (exact) mass is 230 g/mol. The molecule has 3 rings (SSSR count). The van der Waals surface area contributed by atoms with Gasteiger partial charge in [-0.3, -0.25) is 10.2 Å². The molecule has 1 aromatic carbocycles. The third-order valence-corrected chi connectivity index (χ3v) is 3.10. The predicted molar refractivity (Wildman–Crippen MR) is 64.7 cm³/mol. The minimum atomic E-state index is -0.287. The Balaban J connectivity index is 1.94. The molecule has 88 valence electrons. The Kier molecular flexibility index (Phi) is 2.37. The van der Waals surface area contributed by atoms with Gasteiger partial charge in [0.15, 0.2) is 6.10 Å². The molecule has 2 unspecified atom stereocenters. The molecule has 0 bridgehead atoms. The quantitative estimate of drug-likeness (QED) is 0.749. The Labute approximate surface area is 99.9 Å². The van der Waals surface area contributed by atoms with E-state index in [-0.39, 0.29) is 18.4 Å². The molecule has 1 fully saturated rings. The number of carbonyl (C=O) groups is 1. The first-order valence-corrected chi connectivity index (χ1v) is 5.71. The summed E-state index contributed by atoms with van der Waals surface area (Å²) in [5.74, 6) is 0. The lowest BCUT2D eigenvalue weighted by Gasteiger charge is -2.28. The molecule has 0 radical (unpaired) electrons. The molecular weight excluding hydrogens is 216 g/mol. The second-order valence-electron chi connectivity index (χ2n) is 4.39. The van der Waals surface area contributed by atoms with E-state index in [1.165, 1.54) is 5.57 Å². The Morgan fingerprint density at radius 2 is 2.12 bits per heavy atom. The zero-order valence-electron chi connectivity index (χ0n) is 9.59. The predicted octanol–water partition coefficient (Wildman–Crippen LogP) is 1.89. The van der Waals surface area contributed by atoms with Crippen LogP contribution in [-0.2, 0) is 4.74 Å². The summed E-state index contributed by atoms with van der Waals surface area (Å²) in [5, 5.41) is 3.32. The number of hydrogen-bond acceptors (Lipinski definition) is 3. The first kappa shape index (κ1) is 10.4. The van der Waals surface area contributed by atoms with E-state index in [4.69, 9.17) is 4.74 Å². The molecular formula is C13H14N2O2. The first-order chi connectivity index (χ1) is 8.25. The van der Waals surface area contributed by atoms with Crippen molar-refractivity contribution in [1.29, 1.82) is 0 Å². The summed E-state index contributed by atoms with van der Waals surface area (Å²) in [6.07, 6.45) is 1.46. The molecule has 2 aliphatic heterocycles. The van der Waals surface area contributed by atoms with Gasteiger partial charge in [0.05, 0.1) is 0 Å². The summed E-state index contributed by atoms with van der Waals surface area (Å²) in [5.41, 5.74) is 2.07. The maximum atomic E-state index is 11.9. The molecule has 1 N–H and O–H groups in total. The highest BCUT2D eigenvalue weighted by Crippen LogP contribution is 2.28. The number of anilines is 1. The van der Waals surface area contributed by atoms with Gasteiger partial charge in [-0.05, 0) is 25.1 Å². The van der Waals surface area contributed by atoms with Gasteiger partial charge in [0, 0.05) is 12.2 Å². The average molecular weight is 230 g/mol. The normalized spacial score (nSPS) is 27.5. The van der Waals surface area contributed by atoms with Crippen molar-refractivity contribution >= 4 is 11.8 Å². The summed E-state index contributed by atoms with van der Waals surface area (Å²) in [6.45, 7) is 2.82. The summed E-state index contributed by atoms with van der Waals surface area (Å²) < 4.78 is 5.35. The van der Waals surface area contributed by atoms with Crippen molar-refractivity contribution in [3.05, 3.63) is 42.0 Å². The lowest BCUT2D eigenvalue weighted by Crippen LogP contribution is -2.50. The first-order valence-electron chi connectivity index (χ1n) is 5.71. The smallest absolute Gasteiger partial charge is 0.416 e. The van der Waals surface area contributed by atoms with E-state index < -0.39 is 0 Å². The minimum Gasteiger partial charge on any atom is -0.438 e. The lowest BCUT2D eigenvalue weighted by molar-refractivity contribution is 0.148. The van der Waals surface area contributed by atoms with Crippen LogP contribution in [0.4, 0.5) is 10.5 Å². The fourth-order valence-electron chi connectivity index (χ4n) is 2.29. The SMILES string of the molecule is CC1=CC2OC(=O)N(c3ccccc3)C2NC1. The topological polar surface area (TPSA) is 41.6 Å². The number of para-hydroxylation sites is 1. The number of carbonyl (C=O) groups excluding carboxylic acids is 1. The van der Waals surface area contributed by atoms with Crippen molar-refractivity contribution in [2.75, 3.05) is 11.4 Å². The van der Waals surface area contributed by atoms with Crippen LogP contribution < -0.4 is 10.2 Å². The number of rotatable bonds is 1. The van der Waals surface area contributed by atoms with Crippen LogP contribution in [0.3, 0.4) is 0 Å². The summed E-state index contributed by atoms with van der Waals surface area (Å²) >= 11 is 0. The van der Waals surface area contributed by atoms with Crippen molar-refractivity contribution in [1.82, 2.24) is 5.32 Å². The van der Waals surface area contributed by atoms with Crippen LogP contribution in [0, 0.1) is 0 Å². The molecule has 2 aliphatic rings. The zero-order valence-corrected chi connectivity index (χ0v) is 9.59. The summed E-state index contributed by atoms with van der Waals surface area (Å²) in [7, 11) is 0. The van der Waals surface area contributed by atoms with Gasteiger partial charge < -0.3 is 4.74 Å². The fraction of sp³-hybridized carbons (Fsp3) is 0.308. The molecule has 0 aromatic heterocycles. The number of nitrogens with zero attached hydrogens (tertiary/aromatic N) is 1. The molecule has 17 heavy (non-hydrogen) atoms. The van der Waals surface area contributed by atoms with Crippen LogP contribution in [0.15, 0.2) is 42.0 Å². The van der Waals surface area contributed by atoms with Crippen LogP contribution in [0.1, 0.15) is 6.92 Å². The van der Waals surface area contributed by atoms with Gasteiger partial charge in [0.1, 0.15) is 6.17 Å². The van der Waals surface area contributed by atoms with Crippen molar-refractivity contribution in [2.24, 2.45) is 0 Å². The van der Waals surface area contributed by atoms with Gasteiger partial charge in [0.2, 0.25) is 0 Å². The molecule has 1 amide bonds. The van der Waals surface area contributed by atoms with Crippen LogP contribution in [0.2, 0.25) is 0 Å². The van der Waals surface area contributed by atoms with Crippen molar-refractivity contribution in [3.63, 3.8) is 0 Å². The summed E-state index contributed by atoms with van der Waals surface area (Å²) in [6, 6.07) is 9.59. The maximum Gasteiger partial charge on any atom is 0.416 e. The van der Waals surface area contributed by atoms with Gasteiger partial charge in [0.25, 0.3) is 0 Å². The standard InChI is InChI=1S/C13H14N2O2/c1-9-7-11-12(14-8-9)15(13(16)17-11)10-5-3-2-4-6-10/h2-7,11-12,14H,8H2,1H3. The van der Waals surface area contributed by atoms with Crippen LogP contribution >= 0.6 is 0 Å². The van der Waals surface area contributed by atoms with Gasteiger partial charge in [-0.15, -0.1) is 0 Å². The number of amides is 1. The molecule has 2 atom stereocenters. The van der Waals surface area contributed by atoms with Gasteiger partial charge in [-0.1, -0.05) is 23.8 Å². The van der Waals surface area contributed by atoms with Crippen molar-refractivity contribution < 1.29 is 9.53 Å². The molecule has 0 spiro atoms. The van der Waals surface area contributed by atoms with Crippen molar-refractivity contribution in [2.45, 2.75) is 19.2 Å². The highest BCUT2D eigenvalue weighted by atomic mass is 16.6. The molecule has 2 heterocycles. The maximum absolute atomic E-state index is 11.9. The third kappa shape index (κ3) is 1.70. The van der Waals surface area contributed by atoms with Gasteiger partial charge in [-0.25, -0.2) is 4.79 Å². The molecule has 4 nitrogen and oxygen atoms in total. The highest BCUT2D eigenvalue weighted by molar-refractivity contribution is 5.90. The van der Waals surface area contributed by atoms with Gasteiger partial charge in [-0.2, -0.15) is 0 Å². The van der Waals surface area contributed by atoms with E-state index in [0.29, 0.717) is 0 Å². The number of nitrogens with one attached hydrogen (secondary N) is 1. The Morgan fingerprint density at radius 1 is 1.35 bits per heavy atom. The lowest BCUT2D eigenvalue weighted by atomic mass is 10.1. The van der Waals surface area contributed by atoms with E-state index in [0.717, 1.165) is 12.2 Å². The zero-order chi connectivity index (χ0) is 11.8. The van der Waals surface area contributed by atoms with Crippen LogP contribution in [0.5, 0.6) is 0 Å². The number of benzene rings is 1. The Hall–Kier alpha value is -1.81. The number of ether oxygens (including phenoxy) is 1. The Morgan fingerprint density at radius 3 is 2.88 bits per heavy atom. The second-order valence-corrected chi connectivity index (χ2v) is 4.39. The molecule has 1 saturated heterocycles. The number of fused-ring (bicyclic) bond motifs is 1. The van der Waals surface area contributed by atoms with Crippen LogP contribution in [0.25, 0.3) is 0 Å². The van der Waals surface area contributed by atoms with Gasteiger partial charge >= 0.3 is 6.09 Å². The van der Waals surface area contributed by atoms with E-state index in [1.54, 1.807) is 4.90 Å². The Bertz CT molecular complexity index is 470. The highest BCUT2D eigenvalue weighted by Gasteiger charge is 2.42. The number of hydrogen-bond donors (Lipinski definition) is 1. The van der Waals surface area contributed by atoms with E-state index >= 15 is 0 Å². The minimum absolute atomic E-state index is 0.0893. The molecule has 0 aliphatic carbocycles. The second kappa shape index (κ2) is 3.89. The molecule has 1 aromatic rings. The van der Waals surface area contributed by atoms with E-state index in [2.05, 4.69) is 5.32 Å². The summed E-state index contributed by atoms with van der Waals surface area (Å²) in [4.78, 5) is 13.6. The largest absolute Gasteiger partial charge is 0.438 e. The van der Waals surface area contributed by atoms with Crippen molar-refractivity contribution in [3.8, 4) is 0 Å². The third-order valence-electron chi connectivity index (χ3n) is 3.10.